The molecular weight excluding hydrogens is 803 g/mol. The molecule has 11 nitrogen and oxygen atoms in total. The van der Waals surface area contributed by atoms with Crippen LogP contribution in [0.1, 0.15) is 48.3 Å². The Kier molecular flexibility index (Phi) is 11.0. The Hall–Kier alpha value is -5.20. The number of nitrogens with one attached hydrogen (secondary N) is 1. The first-order valence-corrected chi connectivity index (χ1v) is 21.3. The molecule has 13 heteroatoms. The van der Waals surface area contributed by atoms with Crippen molar-refractivity contribution in [3.05, 3.63) is 135 Å². The van der Waals surface area contributed by atoms with Gasteiger partial charge in [0.1, 0.15) is 18.1 Å². The van der Waals surface area contributed by atoms with Crippen LogP contribution in [0.15, 0.2) is 109 Å². The molecule has 60 heavy (non-hydrogen) atoms. The Morgan fingerprint density at radius 3 is 2.23 bits per heavy atom. The number of methoxy groups -OCH3 is 1. The molecule has 9 rings (SSSR count). The predicted molar refractivity (Wildman–Crippen MR) is 226 cm³/mol. The number of likely N-dealkylation sites (tertiary alicyclic amines) is 2. The van der Waals surface area contributed by atoms with Crippen LogP contribution in [-0.2, 0) is 31.1 Å². The summed E-state index contributed by atoms with van der Waals surface area (Å²) in [5.74, 6) is -3.55. The number of fused-ring (bicyclic) bond motifs is 4. The highest BCUT2D eigenvalue weighted by Gasteiger charge is 2.70. The van der Waals surface area contributed by atoms with E-state index in [0.717, 1.165) is 35.8 Å². The third-order valence-electron chi connectivity index (χ3n) is 13.4. The van der Waals surface area contributed by atoms with Gasteiger partial charge in [-0.2, -0.15) is 5.01 Å². The van der Waals surface area contributed by atoms with Crippen LogP contribution < -0.4 is 14.9 Å². The van der Waals surface area contributed by atoms with Crippen molar-refractivity contribution in [2.24, 2.45) is 23.7 Å². The molecule has 2 N–H and O–H groups in total. The lowest BCUT2D eigenvalue weighted by Gasteiger charge is -2.50. The molecule has 3 aliphatic heterocycles. The molecule has 0 aromatic heterocycles. The lowest BCUT2D eigenvalue weighted by atomic mass is 9.49. The number of carbonyl (C=O) groups is 4. The van der Waals surface area contributed by atoms with Crippen LogP contribution in [0.2, 0.25) is 10.0 Å². The summed E-state index contributed by atoms with van der Waals surface area (Å²) in [6, 6.07) is 29.4. The van der Waals surface area contributed by atoms with Crippen LogP contribution >= 0.6 is 23.2 Å². The van der Waals surface area contributed by atoms with E-state index in [1.54, 1.807) is 48.4 Å². The summed E-state index contributed by atoms with van der Waals surface area (Å²) >= 11 is 12.8. The highest BCUT2D eigenvalue weighted by Crippen LogP contribution is 2.64. The molecule has 310 valence electrons. The number of hydrazine groups is 1. The van der Waals surface area contributed by atoms with Crippen LogP contribution in [0.3, 0.4) is 0 Å². The van der Waals surface area contributed by atoms with E-state index in [2.05, 4.69) is 28.5 Å². The van der Waals surface area contributed by atoms with Crippen molar-refractivity contribution in [2.45, 2.75) is 49.6 Å². The minimum Gasteiger partial charge on any atom is -0.497 e. The molecule has 0 radical (unpaired) electrons. The normalized spacial score (nSPS) is 26.7. The molecular formula is C47H46Cl2N4O7. The predicted octanol–water partition coefficient (Wildman–Crippen LogP) is 7.02. The second-order valence-corrected chi connectivity index (χ2v) is 17.2. The number of imide groups is 2. The number of rotatable bonds is 11. The Balaban J connectivity index is 1.11. The van der Waals surface area contributed by atoms with Crippen molar-refractivity contribution < 1.29 is 33.8 Å². The summed E-state index contributed by atoms with van der Waals surface area (Å²) in [6.07, 6.45) is 3.95. The van der Waals surface area contributed by atoms with Crippen LogP contribution in [0.5, 0.6) is 11.5 Å². The number of aliphatic hydroxyl groups is 1. The maximum atomic E-state index is 15.5. The number of aliphatic hydroxyl groups excluding tert-OH is 1. The molecule has 0 spiro atoms. The Labute approximate surface area is 358 Å². The molecule has 0 bridgehead atoms. The molecule has 4 amide bonds. The van der Waals surface area contributed by atoms with Gasteiger partial charge in [0.25, 0.3) is 11.8 Å². The summed E-state index contributed by atoms with van der Waals surface area (Å²) < 4.78 is 11.2. The van der Waals surface area contributed by atoms with E-state index in [-0.39, 0.29) is 42.5 Å². The van der Waals surface area contributed by atoms with Gasteiger partial charge in [-0.05, 0) is 90.8 Å². The fraction of sp³-hybridized carbons (Fsp3) is 0.362. The first-order chi connectivity index (χ1) is 29.1. The maximum Gasteiger partial charge on any atom is 0.260 e. The number of anilines is 1. The van der Waals surface area contributed by atoms with Gasteiger partial charge < -0.3 is 14.6 Å². The van der Waals surface area contributed by atoms with E-state index in [1.165, 1.54) is 11.6 Å². The topological polar surface area (TPSA) is 129 Å². The highest BCUT2D eigenvalue weighted by atomic mass is 35.5. The standard InChI is InChI=1S/C47H46Cl2N4O7/c1-59-33-14-9-30(10-15-33)47-38(44(56)53(46(47)58)50-40-18-11-31(48)25-39(40)49)26-37-35(42(47)29-7-12-34(13-8-29)60-24-23-54)16-17-36-41(37)45(57)52(43(36)55)32-19-21-51(22-20-32)27-28-5-3-2-4-6-28/h2-16,18,25,32,36-38,41-42,50,54H,17,19-24,26-27H2,1H3. The van der Waals surface area contributed by atoms with Crippen molar-refractivity contribution in [1.82, 2.24) is 14.8 Å². The van der Waals surface area contributed by atoms with Gasteiger partial charge in [0.15, 0.2) is 0 Å². The first kappa shape index (κ1) is 40.2. The van der Waals surface area contributed by atoms with Crippen LogP contribution in [0, 0.1) is 23.7 Å². The van der Waals surface area contributed by atoms with Crippen LogP contribution in [-0.4, -0.2) is 83.0 Å². The number of hydrogen-bond donors (Lipinski definition) is 2. The van der Waals surface area contributed by atoms with Gasteiger partial charge >= 0.3 is 0 Å². The molecule has 3 saturated heterocycles. The second-order valence-electron chi connectivity index (χ2n) is 16.4. The van der Waals surface area contributed by atoms with Gasteiger partial charge in [-0.25, -0.2) is 0 Å². The largest absolute Gasteiger partial charge is 0.497 e. The summed E-state index contributed by atoms with van der Waals surface area (Å²) in [5.41, 5.74) is 5.34. The number of ether oxygens (including phenoxy) is 2. The van der Waals surface area contributed by atoms with Crippen molar-refractivity contribution in [3.8, 4) is 11.5 Å². The number of nitrogens with zero attached hydrogens (tertiary/aromatic N) is 3. The number of benzene rings is 4. The smallest absolute Gasteiger partial charge is 0.260 e. The lowest BCUT2D eigenvalue weighted by Crippen LogP contribution is -2.53. The number of halogens is 2. The van der Waals surface area contributed by atoms with Gasteiger partial charge in [-0.1, -0.05) is 89.4 Å². The summed E-state index contributed by atoms with van der Waals surface area (Å²) in [5, 5.41) is 11.1. The van der Waals surface area contributed by atoms with Crippen molar-refractivity contribution >= 4 is 52.5 Å². The number of hydrogen-bond acceptors (Lipinski definition) is 9. The third-order valence-corrected chi connectivity index (χ3v) is 13.9. The first-order valence-electron chi connectivity index (χ1n) is 20.6. The van der Waals surface area contributed by atoms with Gasteiger partial charge in [-0.3, -0.25) is 34.4 Å². The number of allylic oxidation sites excluding steroid dienone is 2. The molecule has 5 aliphatic rings. The van der Waals surface area contributed by atoms with Crippen molar-refractivity contribution in [3.63, 3.8) is 0 Å². The molecule has 4 fully saturated rings. The van der Waals surface area contributed by atoms with Crippen molar-refractivity contribution in [1.29, 1.82) is 0 Å². The molecule has 6 unspecified atom stereocenters. The Bertz CT molecular complexity index is 2330. The maximum absolute atomic E-state index is 15.5. The Morgan fingerprint density at radius 2 is 1.55 bits per heavy atom. The third kappa shape index (κ3) is 6.76. The molecule has 2 aliphatic carbocycles. The Morgan fingerprint density at radius 1 is 0.833 bits per heavy atom. The van der Waals surface area contributed by atoms with Crippen LogP contribution in [0.25, 0.3) is 0 Å². The van der Waals surface area contributed by atoms with E-state index in [9.17, 15) is 14.7 Å². The number of piperidine rings is 1. The van der Waals surface area contributed by atoms with Gasteiger partial charge in [0.2, 0.25) is 11.8 Å². The van der Waals surface area contributed by atoms with Crippen molar-refractivity contribution in [2.75, 3.05) is 38.8 Å². The monoisotopic (exact) mass is 848 g/mol. The van der Waals surface area contributed by atoms with E-state index < -0.39 is 46.8 Å². The zero-order valence-electron chi connectivity index (χ0n) is 33.1. The minimum absolute atomic E-state index is 0.108. The number of carbonyl (C=O) groups excluding carboxylic acids is 4. The minimum atomic E-state index is -1.48. The summed E-state index contributed by atoms with van der Waals surface area (Å²) in [4.78, 5) is 63.9. The van der Waals surface area contributed by atoms with Gasteiger partial charge in [0, 0.05) is 36.6 Å². The lowest BCUT2D eigenvalue weighted by molar-refractivity contribution is -0.144. The average molecular weight is 850 g/mol. The van der Waals surface area contributed by atoms with Gasteiger partial charge in [-0.15, -0.1) is 0 Å². The van der Waals surface area contributed by atoms with Crippen LogP contribution in [0.4, 0.5) is 5.69 Å². The molecule has 4 aromatic rings. The van der Waals surface area contributed by atoms with E-state index in [4.69, 9.17) is 32.7 Å². The SMILES string of the molecule is COc1ccc(C23C(=O)N(Nc4ccc(Cl)cc4Cl)C(=O)C2CC2C(=CCC4C(=O)N(C5CCN(Cc6ccccc6)CC5)C(=O)C42)C3c2ccc(OCCO)cc2)cc1. The van der Waals surface area contributed by atoms with E-state index in [0.29, 0.717) is 47.0 Å². The summed E-state index contributed by atoms with van der Waals surface area (Å²) in [7, 11) is 1.57. The van der Waals surface area contributed by atoms with E-state index in [1.807, 2.05) is 42.5 Å². The van der Waals surface area contributed by atoms with E-state index >= 15 is 9.59 Å². The molecule has 6 atom stereocenters. The van der Waals surface area contributed by atoms with Gasteiger partial charge in [0.05, 0.1) is 47.6 Å². The quantitative estimate of drug-likeness (QED) is 0.121. The highest BCUT2D eigenvalue weighted by molar-refractivity contribution is 6.36. The molecule has 4 aromatic carbocycles. The average Bonchev–Trinajstić information content (AvgIpc) is 3.65. The fourth-order valence-corrected chi connectivity index (χ4v) is 11.2. The molecule has 1 saturated carbocycles. The molecule has 3 heterocycles. The zero-order valence-corrected chi connectivity index (χ0v) is 34.6. The zero-order chi connectivity index (χ0) is 41.7. The summed E-state index contributed by atoms with van der Waals surface area (Å²) in [6.45, 7) is 2.30. The second kappa shape index (κ2) is 16.3. The number of amides is 4. The fourth-order valence-electron chi connectivity index (χ4n) is 10.7.